The third-order valence-corrected chi connectivity index (χ3v) is 11.4. The summed E-state index contributed by atoms with van der Waals surface area (Å²) in [4.78, 5) is 10.5. The molecule has 7 aromatic carbocycles. The SMILES string of the molecule is [2H]C(C)(C)c1ccc(-n2c(-c3cc(C)cc(C(C)(C)C)c3O)nc3c(-c4cc(-c5ccccc5)cc(-c5cc(-c6ccccc6)ccn5)c4)cccc32)c(-c2ccccc2)c1. The van der Waals surface area contributed by atoms with E-state index < -0.39 is 5.89 Å². The maximum absolute atomic E-state index is 12.3. The highest BCUT2D eigenvalue weighted by Gasteiger charge is 2.27. The fraction of sp³-hybridized carbons (Fsp3) is 0.143. The molecule has 0 saturated heterocycles. The molecule has 0 aliphatic heterocycles. The van der Waals surface area contributed by atoms with Crippen LogP contribution in [0, 0.1) is 6.92 Å². The number of aromatic hydroxyl groups is 1. The van der Waals surface area contributed by atoms with Gasteiger partial charge >= 0.3 is 0 Å². The van der Waals surface area contributed by atoms with Crippen LogP contribution >= 0.6 is 0 Å². The Morgan fingerprint density at radius 1 is 0.567 bits per heavy atom. The number of aryl methyl sites for hydroxylation is 1. The summed E-state index contributed by atoms with van der Waals surface area (Å²) in [6, 6.07) is 58.9. The predicted molar refractivity (Wildman–Crippen MR) is 251 cm³/mol. The summed E-state index contributed by atoms with van der Waals surface area (Å²) in [5.74, 6) is 0.0441. The maximum atomic E-state index is 12.3. The van der Waals surface area contributed by atoms with E-state index >= 15 is 0 Å². The molecule has 0 unspecified atom stereocenters. The number of aromatic nitrogens is 3. The lowest BCUT2D eigenvalue weighted by molar-refractivity contribution is 0.448. The van der Waals surface area contributed by atoms with Crippen molar-refractivity contribution in [2.45, 2.75) is 52.9 Å². The molecule has 0 aliphatic carbocycles. The predicted octanol–water partition coefficient (Wildman–Crippen LogP) is 14.9. The van der Waals surface area contributed by atoms with Gasteiger partial charge in [-0.3, -0.25) is 9.55 Å². The zero-order chi connectivity index (χ0) is 42.5. The molecule has 60 heavy (non-hydrogen) atoms. The molecule has 0 radical (unpaired) electrons. The number of phenols is 1. The number of pyridine rings is 1. The van der Waals surface area contributed by atoms with Crippen LogP contribution in [0.2, 0.25) is 0 Å². The molecule has 0 aliphatic rings. The van der Waals surface area contributed by atoms with Gasteiger partial charge in [-0.25, -0.2) is 4.98 Å². The highest BCUT2D eigenvalue weighted by atomic mass is 16.3. The molecule has 9 aromatic rings. The first kappa shape index (κ1) is 37.2. The van der Waals surface area contributed by atoms with Gasteiger partial charge in [-0.05, 0) is 117 Å². The van der Waals surface area contributed by atoms with E-state index in [1.807, 2.05) is 56.4 Å². The summed E-state index contributed by atoms with van der Waals surface area (Å²) in [6.07, 6.45) is 1.89. The highest BCUT2D eigenvalue weighted by molar-refractivity contribution is 5.98. The average molecular weight is 781 g/mol. The quantitative estimate of drug-likeness (QED) is 0.167. The first-order valence-electron chi connectivity index (χ1n) is 21.1. The van der Waals surface area contributed by atoms with Crippen molar-refractivity contribution in [3.63, 3.8) is 0 Å². The second-order valence-electron chi connectivity index (χ2n) is 17.0. The van der Waals surface area contributed by atoms with Crippen LogP contribution in [0.1, 0.15) is 58.6 Å². The third kappa shape index (κ3) is 7.30. The zero-order valence-corrected chi connectivity index (χ0v) is 35.0. The summed E-state index contributed by atoms with van der Waals surface area (Å²) in [6.45, 7) is 12.3. The van der Waals surface area contributed by atoms with Crippen LogP contribution in [-0.2, 0) is 5.41 Å². The Balaban J connectivity index is 1.35. The van der Waals surface area contributed by atoms with Crippen molar-refractivity contribution >= 4 is 11.0 Å². The number of nitrogens with zero attached hydrogens (tertiary/aromatic N) is 3. The van der Waals surface area contributed by atoms with Gasteiger partial charge in [0.25, 0.3) is 0 Å². The van der Waals surface area contributed by atoms with Crippen LogP contribution in [0.15, 0.2) is 176 Å². The van der Waals surface area contributed by atoms with Gasteiger partial charge in [0.1, 0.15) is 11.6 Å². The van der Waals surface area contributed by atoms with E-state index in [1.165, 1.54) is 0 Å². The minimum absolute atomic E-state index is 0.221. The number of benzene rings is 7. The smallest absolute Gasteiger partial charge is 0.149 e. The fourth-order valence-corrected chi connectivity index (χ4v) is 8.30. The molecule has 0 fully saturated rings. The largest absolute Gasteiger partial charge is 0.507 e. The van der Waals surface area contributed by atoms with Crippen LogP contribution in [0.25, 0.3) is 83.9 Å². The molecule has 0 bridgehead atoms. The number of imidazole rings is 1. The first-order chi connectivity index (χ1) is 29.3. The van der Waals surface area contributed by atoms with E-state index in [1.54, 1.807) is 0 Å². The van der Waals surface area contributed by atoms with E-state index in [-0.39, 0.29) is 11.2 Å². The van der Waals surface area contributed by atoms with Gasteiger partial charge in [0.05, 0.1) is 28.0 Å². The normalized spacial score (nSPS) is 12.1. The Morgan fingerprint density at radius 2 is 1.20 bits per heavy atom. The number of rotatable bonds is 8. The van der Waals surface area contributed by atoms with Crippen molar-refractivity contribution in [3.05, 3.63) is 193 Å². The molecule has 2 aromatic heterocycles. The van der Waals surface area contributed by atoms with Crippen molar-refractivity contribution in [1.82, 2.24) is 14.5 Å². The number of hydrogen-bond donors (Lipinski definition) is 1. The third-order valence-electron chi connectivity index (χ3n) is 11.4. The van der Waals surface area contributed by atoms with Gasteiger partial charge in [-0.2, -0.15) is 0 Å². The van der Waals surface area contributed by atoms with Crippen LogP contribution in [-0.4, -0.2) is 19.6 Å². The lowest BCUT2D eigenvalue weighted by atomic mass is 9.84. The summed E-state index contributed by atoms with van der Waals surface area (Å²) in [5, 5.41) is 12.3. The van der Waals surface area contributed by atoms with Crippen LogP contribution in [0.3, 0.4) is 0 Å². The second kappa shape index (κ2) is 15.6. The van der Waals surface area contributed by atoms with E-state index in [0.717, 1.165) is 89.2 Å². The Hall–Kier alpha value is -7.04. The monoisotopic (exact) mass is 780 g/mol. The van der Waals surface area contributed by atoms with Crippen molar-refractivity contribution < 1.29 is 6.48 Å². The summed E-state index contributed by atoms with van der Waals surface area (Å²) < 4.78 is 11.2. The van der Waals surface area contributed by atoms with Gasteiger partial charge in [0.2, 0.25) is 0 Å². The Bertz CT molecular complexity index is 3050. The Morgan fingerprint density at radius 3 is 1.87 bits per heavy atom. The standard InChI is InChI=1S/C56H49N3O/c1-36(2)41-25-26-51(47(34-41)40-21-14-9-15-22-40)59-52-24-16-23-46(53(52)58-55(59)48-29-37(3)30-49(54(48)60)56(4,5)6)44-31-43(39-19-12-8-13-20-39)32-45(33-44)50-35-42(27-28-57-50)38-17-10-7-11-18-38/h7-36,60H,1-6H3/i36D. The van der Waals surface area contributed by atoms with Gasteiger partial charge < -0.3 is 5.11 Å². The van der Waals surface area contributed by atoms with Crippen LogP contribution in [0.4, 0.5) is 0 Å². The lowest BCUT2D eigenvalue weighted by Crippen LogP contribution is -2.12. The van der Waals surface area contributed by atoms with E-state index in [2.05, 4.69) is 166 Å². The van der Waals surface area contributed by atoms with E-state index in [9.17, 15) is 5.11 Å². The van der Waals surface area contributed by atoms with Crippen molar-refractivity contribution in [2.75, 3.05) is 0 Å². The number of fused-ring (bicyclic) bond motifs is 1. The number of hydrogen-bond acceptors (Lipinski definition) is 3. The van der Waals surface area contributed by atoms with Gasteiger partial charge in [-0.1, -0.05) is 150 Å². The van der Waals surface area contributed by atoms with Gasteiger partial charge in [0.15, 0.2) is 0 Å². The molecule has 9 rings (SSSR count). The molecule has 4 nitrogen and oxygen atoms in total. The molecule has 2 heterocycles. The zero-order valence-electron chi connectivity index (χ0n) is 36.0. The van der Waals surface area contributed by atoms with Crippen molar-refractivity contribution in [3.8, 4) is 78.6 Å². The summed E-state index contributed by atoms with van der Waals surface area (Å²) in [5.41, 5.74) is 16.0. The number of phenolic OH excluding ortho intramolecular Hbond substituents is 1. The second-order valence-corrected chi connectivity index (χ2v) is 17.0. The van der Waals surface area contributed by atoms with E-state index in [4.69, 9.17) is 11.3 Å². The Labute approximate surface area is 354 Å². The topological polar surface area (TPSA) is 50.9 Å². The number of para-hydroxylation sites is 1. The molecule has 0 amide bonds. The fourth-order valence-electron chi connectivity index (χ4n) is 8.30. The Kier molecular flexibility index (Phi) is 9.69. The molecule has 4 heteroatoms. The molecule has 0 saturated carbocycles. The van der Waals surface area contributed by atoms with Crippen LogP contribution in [0.5, 0.6) is 5.75 Å². The van der Waals surface area contributed by atoms with Crippen molar-refractivity contribution in [2.24, 2.45) is 0 Å². The minimum Gasteiger partial charge on any atom is -0.507 e. The lowest BCUT2D eigenvalue weighted by Gasteiger charge is -2.23. The minimum atomic E-state index is -0.817. The summed E-state index contributed by atoms with van der Waals surface area (Å²) >= 11 is 0. The molecule has 0 spiro atoms. The molecule has 0 atom stereocenters. The molecule has 294 valence electrons. The maximum Gasteiger partial charge on any atom is 0.149 e. The average Bonchev–Trinajstić information content (AvgIpc) is 3.66. The molecular formula is C56H49N3O. The van der Waals surface area contributed by atoms with Crippen LogP contribution < -0.4 is 0 Å². The van der Waals surface area contributed by atoms with Crippen molar-refractivity contribution in [1.29, 1.82) is 0 Å². The summed E-state index contributed by atoms with van der Waals surface area (Å²) in [7, 11) is 0. The van der Waals surface area contributed by atoms with Gasteiger partial charge in [0, 0.05) is 29.8 Å². The first-order valence-corrected chi connectivity index (χ1v) is 20.6. The van der Waals surface area contributed by atoms with E-state index in [0.29, 0.717) is 11.4 Å². The van der Waals surface area contributed by atoms with Gasteiger partial charge in [-0.15, -0.1) is 0 Å². The highest BCUT2D eigenvalue weighted by Crippen LogP contribution is 2.45. The molecule has 1 N–H and O–H groups in total. The molecular weight excluding hydrogens is 731 g/mol.